The van der Waals surface area contributed by atoms with Crippen LogP contribution in [0.4, 0.5) is 5.69 Å². The molecule has 22 heavy (non-hydrogen) atoms. The van der Waals surface area contributed by atoms with Gasteiger partial charge in [0.1, 0.15) is 5.75 Å². The Labute approximate surface area is 152 Å². The van der Waals surface area contributed by atoms with E-state index in [4.69, 9.17) is 4.74 Å². The van der Waals surface area contributed by atoms with Gasteiger partial charge < -0.3 is 10.1 Å². The van der Waals surface area contributed by atoms with Crippen LogP contribution in [0, 0.1) is 3.57 Å². The van der Waals surface area contributed by atoms with Crippen LogP contribution in [0.3, 0.4) is 0 Å². The van der Waals surface area contributed by atoms with Crippen molar-refractivity contribution in [2.45, 2.75) is 19.8 Å². The molecule has 0 aliphatic heterocycles. The molecule has 2 aromatic carbocycles. The van der Waals surface area contributed by atoms with Crippen molar-refractivity contribution in [2.75, 3.05) is 11.9 Å². The Hall–Kier alpha value is -1.08. The van der Waals surface area contributed by atoms with Crippen molar-refractivity contribution in [3.05, 3.63) is 56.1 Å². The zero-order valence-corrected chi connectivity index (χ0v) is 16.0. The van der Waals surface area contributed by atoms with Crippen LogP contribution in [0.1, 0.15) is 30.1 Å². The number of halogens is 2. The number of anilines is 1. The van der Waals surface area contributed by atoms with Gasteiger partial charge in [0, 0.05) is 13.6 Å². The van der Waals surface area contributed by atoms with Gasteiger partial charge in [0.2, 0.25) is 0 Å². The van der Waals surface area contributed by atoms with E-state index in [0.29, 0.717) is 12.2 Å². The van der Waals surface area contributed by atoms with E-state index in [9.17, 15) is 4.79 Å². The highest BCUT2D eigenvalue weighted by Crippen LogP contribution is 2.23. The third-order valence-corrected chi connectivity index (χ3v) is 4.43. The highest BCUT2D eigenvalue weighted by atomic mass is 127. The Morgan fingerprint density at radius 2 is 2.09 bits per heavy atom. The molecule has 0 atom stereocenters. The van der Waals surface area contributed by atoms with Crippen LogP contribution in [0.25, 0.3) is 0 Å². The van der Waals surface area contributed by atoms with Crippen LogP contribution in [-0.4, -0.2) is 12.5 Å². The predicted molar refractivity (Wildman–Crippen MR) is 102 cm³/mol. The topological polar surface area (TPSA) is 38.3 Å². The molecule has 0 saturated carbocycles. The summed E-state index contributed by atoms with van der Waals surface area (Å²) >= 11 is 5.61. The third kappa shape index (κ3) is 4.98. The van der Waals surface area contributed by atoms with Gasteiger partial charge in [-0.25, -0.2) is 0 Å². The van der Waals surface area contributed by atoms with Crippen molar-refractivity contribution in [1.82, 2.24) is 0 Å². The molecular weight excluding hydrogens is 457 g/mol. The summed E-state index contributed by atoms with van der Waals surface area (Å²) in [5, 5.41) is 2.93. The first kappa shape index (κ1) is 17.3. The fourth-order valence-corrected chi connectivity index (χ4v) is 3.29. The fraction of sp³-hybridized carbons (Fsp3) is 0.235. The zero-order valence-electron chi connectivity index (χ0n) is 12.2. The summed E-state index contributed by atoms with van der Waals surface area (Å²) in [5.41, 5.74) is 1.39. The second-order valence-corrected chi connectivity index (χ2v) is 6.89. The highest BCUT2D eigenvalue weighted by molar-refractivity contribution is 14.1. The number of nitrogens with one attached hydrogen (secondary N) is 1. The second-order valence-electron chi connectivity index (χ2n) is 4.81. The molecule has 0 aliphatic rings. The minimum Gasteiger partial charge on any atom is -0.494 e. The molecule has 2 rings (SSSR count). The molecule has 0 unspecified atom stereocenters. The molecule has 1 amide bonds. The van der Waals surface area contributed by atoms with Gasteiger partial charge in [-0.2, -0.15) is 0 Å². The standard InChI is InChI=1S/C17H17BrINO2/c1-2-3-9-22-14-6-4-5-12(10-14)17(21)20-16-8-7-13(18)11-15(16)19/h4-8,10-11H,2-3,9H2,1H3,(H,20,21). The van der Waals surface area contributed by atoms with Crippen molar-refractivity contribution in [3.8, 4) is 5.75 Å². The Bertz CT molecular complexity index is 661. The first-order valence-electron chi connectivity index (χ1n) is 7.09. The van der Waals surface area contributed by atoms with Crippen molar-refractivity contribution in [3.63, 3.8) is 0 Å². The summed E-state index contributed by atoms with van der Waals surface area (Å²) in [6.45, 7) is 2.79. The normalized spacial score (nSPS) is 10.3. The van der Waals surface area contributed by atoms with Crippen LogP contribution in [-0.2, 0) is 0 Å². The Morgan fingerprint density at radius 3 is 2.82 bits per heavy atom. The van der Waals surface area contributed by atoms with Crippen LogP contribution < -0.4 is 10.1 Å². The summed E-state index contributed by atoms with van der Waals surface area (Å²) in [6, 6.07) is 13.0. The van der Waals surface area contributed by atoms with E-state index in [1.54, 1.807) is 12.1 Å². The first-order valence-corrected chi connectivity index (χ1v) is 8.96. The molecule has 1 N–H and O–H groups in total. The van der Waals surface area contributed by atoms with Crippen LogP contribution in [0.5, 0.6) is 5.75 Å². The summed E-state index contributed by atoms with van der Waals surface area (Å²) < 4.78 is 7.61. The average molecular weight is 474 g/mol. The third-order valence-electron chi connectivity index (χ3n) is 3.04. The van der Waals surface area contributed by atoms with Crippen molar-refractivity contribution in [1.29, 1.82) is 0 Å². The number of amides is 1. The summed E-state index contributed by atoms with van der Waals surface area (Å²) in [5.74, 6) is 0.591. The van der Waals surface area contributed by atoms with E-state index in [-0.39, 0.29) is 5.91 Å². The highest BCUT2D eigenvalue weighted by Gasteiger charge is 2.09. The number of carbonyl (C=O) groups is 1. The number of carbonyl (C=O) groups excluding carboxylic acids is 1. The average Bonchev–Trinajstić information content (AvgIpc) is 2.50. The van der Waals surface area contributed by atoms with Gasteiger partial charge in [0.05, 0.1) is 12.3 Å². The molecule has 0 bridgehead atoms. The maximum atomic E-state index is 12.4. The largest absolute Gasteiger partial charge is 0.494 e. The summed E-state index contributed by atoms with van der Waals surface area (Å²) in [7, 11) is 0. The van der Waals surface area contributed by atoms with E-state index >= 15 is 0 Å². The number of rotatable bonds is 6. The van der Waals surface area contributed by atoms with Gasteiger partial charge in [-0.05, 0) is 65.4 Å². The van der Waals surface area contributed by atoms with Crippen LogP contribution in [0.2, 0.25) is 0 Å². The molecule has 2 aromatic rings. The molecule has 0 spiro atoms. The van der Waals surface area contributed by atoms with E-state index in [1.807, 2.05) is 30.3 Å². The maximum Gasteiger partial charge on any atom is 0.255 e. The lowest BCUT2D eigenvalue weighted by molar-refractivity contribution is 0.102. The smallest absolute Gasteiger partial charge is 0.255 e. The van der Waals surface area contributed by atoms with Gasteiger partial charge >= 0.3 is 0 Å². The number of hydrogen-bond donors (Lipinski definition) is 1. The maximum absolute atomic E-state index is 12.4. The molecule has 0 fully saturated rings. The summed E-state index contributed by atoms with van der Waals surface area (Å²) in [6.07, 6.45) is 2.09. The predicted octanol–water partition coefficient (Wildman–Crippen LogP) is 5.48. The van der Waals surface area contributed by atoms with E-state index in [1.165, 1.54) is 0 Å². The lowest BCUT2D eigenvalue weighted by Crippen LogP contribution is -2.13. The molecular formula is C17H17BrINO2. The summed E-state index contributed by atoms with van der Waals surface area (Å²) in [4.78, 5) is 12.4. The van der Waals surface area contributed by atoms with Crippen molar-refractivity contribution in [2.24, 2.45) is 0 Å². The zero-order chi connectivity index (χ0) is 15.9. The Balaban J connectivity index is 2.07. The lowest BCUT2D eigenvalue weighted by Gasteiger charge is -2.10. The number of benzene rings is 2. The monoisotopic (exact) mass is 473 g/mol. The quantitative estimate of drug-likeness (QED) is 0.445. The molecule has 0 aromatic heterocycles. The Morgan fingerprint density at radius 1 is 1.27 bits per heavy atom. The van der Waals surface area contributed by atoms with E-state index in [0.717, 1.165) is 32.3 Å². The number of ether oxygens (including phenoxy) is 1. The Kier molecular flexibility index (Phi) is 6.70. The second kappa shape index (κ2) is 8.53. The van der Waals surface area contributed by atoms with Crippen molar-refractivity contribution >= 4 is 50.1 Å². The minimum absolute atomic E-state index is 0.138. The fourth-order valence-electron chi connectivity index (χ4n) is 1.85. The molecule has 0 aliphatic carbocycles. The molecule has 116 valence electrons. The first-order chi connectivity index (χ1) is 10.6. The number of unbranched alkanes of at least 4 members (excludes halogenated alkanes) is 1. The molecule has 5 heteroatoms. The molecule has 3 nitrogen and oxygen atoms in total. The van der Waals surface area contributed by atoms with Crippen LogP contribution >= 0.6 is 38.5 Å². The van der Waals surface area contributed by atoms with Gasteiger partial charge in [-0.1, -0.05) is 35.3 Å². The van der Waals surface area contributed by atoms with Gasteiger partial charge in [-0.15, -0.1) is 0 Å². The van der Waals surface area contributed by atoms with Crippen molar-refractivity contribution < 1.29 is 9.53 Å². The van der Waals surface area contributed by atoms with Gasteiger partial charge in [-0.3, -0.25) is 4.79 Å². The lowest BCUT2D eigenvalue weighted by atomic mass is 10.2. The molecule has 0 radical (unpaired) electrons. The molecule has 0 heterocycles. The molecule has 0 saturated heterocycles. The minimum atomic E-state index is -0.138. The van der Waals surface area contributed by atoms with E-state index < -0.39 is 0 Å². The SMILES string of the molecule is CCCCOc1cccc(C(=O)Nc2ccc(Br)cc2I)c1. The number of hydrogen-bond acceptors (Lipinski definition) is 2. The van der Waals surface area contributed by atoms with Gasteiger partial charge in [0.15, 0.2) is 0 Å². The van der Waals surface area contributed by atoms with Gasteiger partial charge in [0.25, 0.3) is 5.91 Å². The van der Waals surface area contributed by atoms with E-state index in [2.05, 4.69) is 50.8 Å². The van der Waals surface area contributed by atoms with Crippen LogP contribution in [0.15, 0.2) is 46.9 Å².